The lowest BCUT2D eigenvalue weighted by atomic mass is 9.73. The first-order valence-electron chi connectivity index (χ1n) is 6.88. The molecule has 1 aromatic rings. The van der Waals surface area contributed by atoms with Crippen LogP contribution in [0, 0.1) is 15.3 Å². The quantitative estimate of drug-likeness (QED) is 0.760. The average Bonchev–Trinajstić information content (AvgIpc) is 2.41. The molecule has 4 nitrogen and oxygen atoms in total. The van der Waals surface area contributed by atoms with E-state index in [4.69, 9.17) is 0 Å². The molecule has 2 unspecified atom stereocenters. The number of carboxylic acid groups (broad SMARTS) is 1. The zero-order chi connectivity index (χ0) is 15.6. The highest BCUT2D eigenvalue weighted by molar-refractivity contribution is 14.1. The molecule has 0 saturated heterocycles. The number of carboxylic acids is 1. The zero-order valence-electron chi connectivity index (χ0n) is 11.7. The summed E-state index contributed by atoms with van der Waals surface area (Å²) in [5.41, 5.74) is -0.928. The predicted octanol–water partition coefficient (Wildman–Crippen LogP) is 3.19. The molecule has 0 aliphatic heterocycles. The summed E-state index contributed by atoms with van der Waals surface area (Å²) in [4.78, 5) is 24.1. The van der Waals surface area contributed by atoms with Gasteiger partial charge in [-0.3, -0.25) is 4.79 Å². The summed E-state index contributed by atoms with van der Waals surface area (Å²) in [5, 5.41) is 12.3. The van der Waals surface area contributed by atoms with Crippen molar-refractivity contribution >= 4 is 34.5 Å². The highest BCUT2D eigenvalue weighted by atomic mass is 127. The molecule has 6 heteroatoms. The molecule has 0 heterocycles. The largest absolute Gasteiger partial charge is 0.479 e. The molecular formula is C15H17FINO3. The number of hydrogen-bond acceptors (Lipinski definition) is 2. The van der Waals surface area contributed by atoms with Crippen LogP contribution in [0.5, 0.6) is 0 Å². The number of rotatable bonds is 3. The molecule has 0 aromatic heterocycles. The van der Waals surface area contributed by atoms with Gasteiger partial charge in [0.05, 0.1) is 5.56 Å². The van der Waals surface area contributed by atoms with Gasteiger partial charge in [0.1, 0.15) is 11.4 Å². The first kappa shape index (κ1) is 16.2. The number of halogens is 2. The smallest absolute Gasteiger partial charge is 0.329 e. The molecule has 114 valence electrons. The first-order valence-corrected chi connectivity index (χ1v) is 7.95. The van der Waals surface area contributed by atoms with Gasteiger partial charge in [-0.2, -0.15) is 0 Å². The SMILES string of the molecule is CC1CCCCC1(NC(=O)c1ccc(F)cc1I)C(=O)O. The van der Waals surface area contributed by atoms with Gasteiger partial charge in [-0.05, 0) is 59.5 Å². The van der Waals surface area contributed by atoms with Gasteiger partial charge in [0, 0.05) is 3.57 Å². The van der Waals surface area contributed by atoms with E-state index < -0.39 is 23.2 Å². The van der Waals surface area contributed by atoms with Crippen molar-refractivity contribution in [3.05, 3.63) is 33.1 Å². The normalized spacial score (nSPS) is 25.4. The van der Waals surface area contributed by atoms with Crippen LogP contribution in [0.3, 0.4) is 0 Å². The van der Waals surface area contributed by atoms with Crippen molar-refractivity contribution in [2.75, 3.05) is 0 Å². The van der Waals surface area contributed by atoms with Crippen LogP contribution < -0.4 is 5.32 Å². The molecule has 2 rings (SSSR count). The number of carbonyl (C=O) groups is 2. The van der Waals surface area contributed by atoms with Crippen molar-refractivity contribution in [2.45, 2.75) is 38.1 Å². The van der Waals surface area contributed by atoms with Gasteiger partial charge in [-0.25, -0.2) is 9.18 Å². The summed E-state index contributed by atoms with van der Waals surface area (Å²) in [7, 11) is 0. The number of carbonyl (C=O) groups excluding carboxylic acids is 1. The van der Waals surface area contributed by atoms with Gasteiger partial charge in [-0.15, -0.1) is 0 Å². The maximum Gasteiger partial charge on any atom is 0.329 e. The van der Waals surface area contributed by atoms with Gasteiger partial charge in [-0.1, -0.05) is 19.8 Å². The number of hydrogen-bond donors (Lipinski definition) is 2. The van der Waals surface area contributed by atoms with Crippen LogP contribution in [0.2, 0.25) is 0 Å². The van der Waals surface area contributed by atoms with Crippen molar-refractivity contribution in [1.29, 1.82) is 0 Å². The van der Waals surface area contributed by atoms with E-state index in [-0.39, 0.29) is 5.92 Å². The second-order valence-electron chi connectivity index (χ2n) is 5.50. The molecule has 1 aliphatic carbocycles. The summed E-state index contributed by atoms with van der Waals surface area (Å²) < 4.78 is 13.6. The minimum absolute atomic E-state index is 0.134. The van der Waals surface area contributed by atoms with Crippen LogP contribution in [-0.2, 0) is 4.79 Å². The number of benzene rings is 1. The van der Waals surface area contributed by atoms with Crippen LogP contribution in [0.1, 0.15) is 43.0 Å². The standard InChI is InChI=1S/C15H17FINO3/c1-9-4-2-3-7-15(9,14(20)21)18-13(19)11-6-5-10(16)8-12(11)17/h5-6,8-9H,2-4,7H2,1H3,(H,18,19)(H,20,21). The Labute approximate surface area is 136 Å². The molecule has 0 radical (unpaired) electrons. The van der Waals surface area contributed by atoms with E-state index in [9.17, 15) is 19.1 Å². The van der Waals surface area contributed by atoms with Crippen LogP contribution in [-0.4, -0.2) is 22.5 Å². The Kier molecular flexibility index (Phi) is 4.85. The molecule has 1 fully saturated rings. The van der Waals surface area contributed by atoms with E-state index in [1.54, 1.807) is 0 Å². The highest BCUT2D eigenvalue weighted by Gasteiger charge is 2.46. The zero-order valence-corrected chi connectivity index (χ0v) is 13.8. The fraction of sp³-hybridized carbons (Fsp3) is 0.467. The van der Waals surface area contributed by atoms with Gasteiger partial charge in [0.25, 0.3) is 5.91 Å². The first-order chi connectivity index (χ1) is 9.86. The Morgan fingerprint density at radius 1 is 1.43 bits per heavy atom. The van der Waals surface area contributed by atoms with Crippen molar-refractivity contribution in [1.82, 2.24) is 5.32 Å². The Morgan fingerprint density at radius 2 is 2.14 bits per heavy atom. The second-order valence-corrected chi connectivity index (χ2v) is 6.66. The number of amides is 1. The lowest BCUT2D eigenvalue weighted by Gasteiger charge is -2.39. The van der Waals surface area contributed by atoms with Gasteiger partial charge in [0.2, 0.25) is 0 Å². The summed E-state index contributed by atoms with van der Waals surface area (Å²) in [6, 6.07) is 3.84. The van der Waals surface area contributed by atoms with Crippen LogP contribution >= 0.6 is 22.6 Å². The van der Waals surface area contributed by atoms with E-state index in [1.165, 1.54) is 18.2 Å². The summed E-state index contributed by atoms with van der Waals surface area (Å²) in [6.07, 6.45) is 2.94. The molecule has 2 N–H and O–H groups in total. The number of aliphatic carboxylic acids is 1. The molecule has 1 aliphatic rings. The maximum absolute atomic E-state index is 13.1. The third kappa shape index (κ3) is 3.20. The number of nitrogens with one attached hydrogen (secondary N) is 1. The van der Waals surface area contributed by atoms with Gasteiger partial charge in [0.15, 0.2) is 0 Å². The topological polar surface area (TPSA) is 66.4 Å². The molecule has 21 heavy (non-hydrogen) atoms. The summed E-state index contributed by atoms with van der Waals surface area (Å²) in [6.45, 7) is 1.85. The molecule has 1 saturated carbocycles. The van der Waals surface area contributed by atoms with Crippen LogP contribution in [0.4, 0.5) is 4.39 Å². The minimum Gasteiger partial charge on any atom is -0.479 e. The molecule has 2 atom stereocenters. The molecular weight excluding hydrogens is 388 g/mol. The lowest BCUT2D eigenvalue weighted by Crippen LogP contribution is -2.60. The van der Waals surface area contributed by atoms with Crippen molar-refractivity contribution in [3.8, 4) is 0 Å². The second kappa shape index (κ2) is 6.29. The monoisotopic (exact) mass is 405 g/mol. The van der Waals surface area contributed by atoms with E-state index in [2.05, 4.69) is 5.32 Å². The molecule has 0 bridgehead atoms. The van der Waals surface area contributed by atoms with Gasteiger partial charge < -0.3 is 10.4 Å². The van der Waals surface area contributed by atoms with Gasteiger partial charge >= 0.3 is 5.97 Å². The third-order valence-electron chi connectivity index (χ3n) is 4.19. The van der Waals surface area contributed by atoms with Crippen LogP contribution in [0.15, 0.2) is 18.2 Å². The van der Waals surface area contributed by atoms with E-state index >= 15 is 0 Å². The minimum atomic E-state index is -1.23. The van der Waals surface area contributed by atoms with E-state index in [1.807, 2.05) is 29.5 Å². The third-order valence-corrected chi connectivity index (χ3v) is 5.09. The highest BCUT2D eigenvalue weighted by Crippen LogP contribution is 2.34. The molecule has 1 amide bonds. The van der Waals surface area contributed by atoms with Crippen LogP contribution in [0.25, 0.3) is 0 Å². The summed E-state index contributed by atoms with van der Waals surface area (Å²) in [5.74, 6) is -2.02. The Balaban J connectivity index is 2.28. The predicted molar refractivity (Wildman–Crippen MR) is 84.6 cm³/mol. The fourth-order valence-electron chi connectivity index (χ4n) is 2.85. The Morgan fingerprint density at radius 3 is 2.71 bits per heavy atom. The van der Waals surface area contributed by atoms with Crippen molar-refractivity contribution in [3.63, 3.8) is 0 Å². The summed E-state index contributed by atoms with van der Waals surface area (Å²) >= 11 is 1.87. The molecule has 1 aromatic carbocycles. The van der Waals surface area contributed by atoms with Crippen molar-refractivity contribution < 1.29 is 19.1 Å². The Bertz CT molecular complexity index is 578. The average molecular weight is 405 g/mol. The van der Waals surface area contributed by atoms with E-state index in [0.717, 1.165) is 19.3 Å². The Hall–Kier alpha value is -1.18. The maximum atomic E-state index is 13.1. The molecule has 0 spiro atoms. The van der Waals surface area contributed by atoms with Crippen molar-refractivity contribution in [2.24, 2.45) is 5.92 Å². The fourth-order valence-corrected chi connectivity index (χ4v) is 3.57. The van der Waals surface area contributed by atoms with E-state index in [0.29, 0.717) is 15.6 Å². The lowest BCUT2D eigenvalue weighted by molar-refractivity contribution is -0.148.